The van der Waals surface area contributed by atoms with Crippen LogP contribution in [0.5, 0.6) is 0 Å². The summed E-state index contributed by atoms with van der Waals surface area (Å²) in [7, 11) is 0. The van der Waals surface area contributed by atoms with Crippen molar-refractivity contribution < 1.29 is 15.6 Å². The monoisotopic (exact) mass is 227 g/mol. The van der Waals surface area contributed by atoms with Crippen LogP contribution in [0.3, 0.4) is 0 Å². The van der Waals surface area contributed by atoms with E-state index in [0.29, 0.717) is 12.5 Å². The first kappa shape index (κ1) is 13.2. The molecule has 1 fully saturated rings. The van der Waals surface area contributed by atoms with E-state index in [9.17, 15) is 0 Å². The van der Waals surface area contributed by atoms with Crippen molar-refractivity contribution >= 4 is 5.71 Å². The van der Waals surface area contributed by atoms with Crippen LogP contribution < -0.4 is 5.32 Å². The lowest BCUT2D eigenvalue weighted by atomic mass is 9.74. The van der Waals surface area contributed by atoms with Crippen molar-refractivity contribution in [1.82, 2.24) is 0 Å². The smallest absolute Gasteiger partial charge is 0.135 e. The minimum absolute atomic E-state index is 0.151. The topological polar surface area (TPSA) is 69.4 Å². The molecule has 0 unspecified atom stereocenters. The van der Waals surface area contributed by atoms with E-state index in [2.05, 4.69) is 24.0 Å². The van der Waals surface area contributed by atoms with Crippen molar-refractivity contribution in [2.45, 2.75) is 38.6 Å². The number of nitrogens with zero attached hydrogens (tertiary/aromatic N) is 1. The maximum absolute atomic E-state index is 9.10. The summed E-state index contributed by atoms with van der Waals surface area (Å²) in [5.41, 5.74) is 1.81. The summed E-state index contributed by atoms with van der Waals surface area (Å²) in [6, 6.07) is 0. The summed E-state index contributed by atoms with van der Waals surface area (Å²) in [6.45, 7) is 8.87. The summed E-state index contributed by atoms with van der Waals surface area (Å²) in [4.78, 5) is 0. The molecule has 16 heavy (non-hydrogen) atoms. The molecule has 0 aliphatic heterocycles. The Bertz CT molecular complexity index is 289. The maximum Gasteiger partial charge on any atom is 0.135 e. The van der Waals surface area contributed by atoms with Gasteiger partial charge in [0.15, 0.2) is 0 Å². The second kappa shape index (κ2) is 5.46. The number of oxime groups is 1. The average molecular weight is 227 g/mol. The Hall–Kier alpha value is -0.870. The van der Waals surface area contributed by atoms with E-state index < -0.39 is 0 Å². The quantitative estimate of drug-likeness (QED) is 0.372. The van der Waals surface area contributed by atoms with E-state index in [1.165, 1.54) is 0 Å². The second-order valence-corrected chi connectivity index (χ2v) is 4.97. The maximum atomic E-state index is 9.10. The molecule has 0 radical (unpaired) electrons. The van der Waals surface area contributed by atoms with Gasteiger partial charge in [0, 0.05) is 12.8 Å². The van der Waals surface area contributed by atoms with Crippen molar-refractivity contribution in [1.29, 1.82) is 0 Å². The molecule has 0 aromatic rings. The molecule has 4 nitrogen and oxygen atoms in total. The molecule has 0 spiro atoms. The number of allylic oxidation sites excluding steroid dienone is 1. The van der Waals surface area contributed by atoms with Crippen molar-refractivity contribution in [3.63, 3.8) is 0 Å². The highest BCUT2D eigenvalue weighted by Gasteiger charge is 2.40. The van der Waals surface area contributed by atoms with Gasteiger partial charge in [-0.05, 0) is 26.2 Å². The lowest BCUT2D eigenvalue weighted by molar-refractivity contribution is -0.709. The normalized spacial score (nSPS) is 32.9. The first-order valence-corrected chi connectivity index (χ1v) is 5.85. The van der Waals surface area contributed by atoms with Gasteiger partial charge in [0.2, 0.25) is 0 Å². The summed E-state index contributed by atoms with van der Waals surface area (Å²) in [5.74, 6) is 0.432. The molecular weight excluding hydrogens is 204 g/mol. The number of aliphatic hydroxyl groups is 1. The standard InChI is InChI=1S/C12H22N2O2/c1-9(2)10-4-5-12(3,13-6-7-15)11(8-10)14-16/h10,13,15-16H,1,4-8H2,2-3H3/p+1/b14-11-/t10-,12-/m1/s1. The van der Waals surface area contributed by atoms with Gasteiger partial charge < -0.3 is 15.6 Å². The third-order valence-corrected chi connectivity index (χ3v) is 3.65. The minimum atomic E-state index is -0.163. The lowest BCUT2D eigenvalue weighted by Crippen LogP contribution is -2.99. The lowest BCUT2D eigenvalue weighted by Gasteiger charge is -2.36. The third-order valence-electron chi connectivity index (χ3n) is 3.65. The molecule has 4 N–H and O–H groups in total. The van der Waals surface area contributed by atoms with Crippen LogP contribution in [0.15, 0.2) is 17.3 Å². The zero-order valence-electron chi connectivity index (χ0n) is 10.2. The van der Waals surface area contributed by atoms with Crippen molar-refractivity contribution in [2.75, 3.05) is 13.2 Å². The molecule has 0 heterocycles. The van der Waals surface area contributed by atoms with E-state index in [4.69, 9.17) is 10.3 Å². The fourth-order valence-electron chi connectivity index (χ4n) is 2.37. The first-order valence-electron chi connectivity index (χ1n) is 5.85. The highest BCUT2D eigenvalue weighted by molar-refractivity contribution is 5.92. The van der Waals surface area contributed by atoms with E-state index in [0.717, 1.165) is 30.5 Å². The first-order chi connectivity index (χ1) is 7.53. The Labute approximate surface area is 97.0 Å². The van der Waals surface area contributed by atoms with Crippen molar-refractivity contribution in [3.05, 3.63) is 12.2 Å². The van der Waals surface area contributed by atoms with Crippen LogP contribution in [-0.4, -0.2) is 34.7 Å². The van der Waals surface area contributed by atoms with Gasteiger partial charge in [0.1, 0.15) is 11.3 Å². The van der Waals surface area contributed by atoms with Gasteiger partial charge >= 0.3 is 0 Å². The molecule has 0 aromatic heterocycles. The molecule has 0 aromatic carbocycles. The predicted octanol–water partition coefficient (Wildman–Crippen LogP) is 0.507. The summed E-state index contributed by atoms with van der Waals surface area (Å²) in [6.07, 6.45) is 2.82. The van der Waals surface area contributed by atoms with Crippen LogP contribution in [0.2, 0.25) is 0 Å². The van der Waals surface area contributed by atoms with Crippen LogP contribution in [0, 0.1) is 5.92 Å². The van der Waals surface area contributed by atoms with Crippen LogP contribution in [0.25, 0.3) is 0 Å². The zero-order valence-corrected chi connectivity index (χ0v) is 10.2. The number of nitrogens with two attached hydrogens (primary N) is 1. The summed E-state index contributed by atoms with van der Waals surface area (Å²) in [5, 5.41) is 23.5. The molecule has 1 rings (SSSR count). The number of quaternary nitrogens is 1. The predicted molar refractivity (Wildman–Crippen MR) is 63.7 cm³/mol. The fourth-order valence-corrected chi connectivity index (χ4v) is 2.37. The van der Waals surface area contributed by atoms with Gasteiger partial charge in [-0.25, -0.2) is 0 Å². The highest BCUT2D eigenvalue weighted by Crippen LogP contribution is 2.31. The van der Waals surface area contributed by atoms with E-state index in [1.807, 2.05) is 6.92 Å². The third kappa shape index (κ3) is 2.83. The van der Waals surface area contributed by atoms with Crippen molar-refractivity contribution in [2.24, 2.45) is 11.1 Å². The molecule has 1 aliphatic carbocycles. The van der Waals surface area contributed by atoms with E-state index in [1.54, 1.807) is 0 Å². The average Bonchev–Trinajstić information content (AvgIpc) is 2.26. The second-order valence-electron chi connectivity index (χ2n) is 4.97. The Kier molecular flexibility index (Phi) is 4.50. The Morgan fingerprint density at radius 2 is 2.38 bits per heavy atom. The van der Waals surface area contributed by atoms with Gasteiger partial charge in [-0.1, -0.05) is 17.3 Å². The number of rotatable bonds is 4. The van der Waals surface area contributed by atoms with E-state index >= 15 is 0 Å². The largest absolute Gasteiger partial charge is 0.411 e. The van der Waals surface area contributed by atoms with E-state index in [-0.39, 0.29) is 12.1 Å². The molecule has 0 bridgehead atoms. The Morgan fingerprint density at radius 3 is 2.88 bits per heavy atom. The molecule has 0 saturated heterocycles. The minimum Gasteiger partial charge on any atom is -0.411 e. The molecule has 0 amide bonds. The molecule has 1 aliphatic rings. The van der Waals surface area contributed by atoms with Gasteiger partial charge in [-0.3, -0.25) is 0 Å². The van der Waals surface area contributed by atoms with Gasteiger partial charge in [0.25, 0.3) is 0 Å². The molecule has 92 valence electrons. The van der Waals surface area contributed by atoms with Crippen LogP contribution in [0.4, 0.5) is 0 Å². The molecular formula is C12H23N2O2+. The fraction of sp³-hybridized carbons (Fsp3) is 0.750. The van der Waals surface area contributed by atoms with Gasteiger partial charge in [-0.2, -0.15) is 0 Å². The SMILES string of the molecule is C=C(C)[C@@H]1CC[C@@](C)([NH2+]CCO)/C(=N\O)C1. The summed E-state index contributed by atoms with van der Waals surface area (Å²) < 4.78 is 0. The summed E-state index contributed by atoms with van der Waals surface area (Å²) >= 11 is 0. The number of hydrogen-bond donors (Lipinski definition) is 3. The molecule has 1 saturated carbocycles. The zero-order chi connectivity index (χ0) is 12.2. The number of aliphatic hydroxyl groups excluding tert-OH is 1. The van der Waals surface area contributed by atoms with Crippen LogP contribution in [0.1, 0.15) is 33.1 Å². The van der Waals surface area contributed by atoms with Crippen molar-refractivity contribution in [3.8, 4) is 0 Å². The Morgan fingerprint density at radius 1 is 1.69 bits per heavy atom. The van der Waals surface area contributed by atoms with Crippen LogP contribution >= 0.6 is 0 Å². The van der Waals surface area contributed by atoms with Gasteiger partial charge in [-0.15, -0.1) is 0 Å². The number of hydrogen-bond acceptors (Lipinski definition) is 3. The Balaban J connectivity index is 2.72. The van der Waals surface area contributed by atoms with Crippen LogP contribution in [-0.2, 0) is 0 Å². The van der Waals surface area contributed by atoms with Gasteiger partial charge in [0.05, 0.1) is 13.2 Å². The highest BCUT2D eigenvalue weighted by atomic mass is 16.4. The molecule has 4 heteroatoms. The molecule has 2 atom stereocenters.